The number of likely N-dealkylation sites (tertiary alicyclic amines) is 1. The quantitative estimate of drug-likeness (QED) is 0.593. The summed E-state index contributed by atoms with van der Waals surface area (Å²) in [4.78, 5) is 14.9. The second kappa shape index (κ2) is 6.73. The molecule has 0 radical (unpaired) electrons. The van der Waals surface area contributed by atoms with Crippen LogP contribution in [0.25, 0.3) is 0 Å². The van der Waals surface area contributed by atoms with Crippen molar-refractivity contribution >= 4 is 17.5 Å². The lowest BCUT2D eigenvalue weighted by Crippen LogP contribution is -2.52. The molecule has 1 aliphatic heterocycles. The average Bonchev–Trinajstić information content (AvgIpc) is 2.66. The maximum absolute atomic E-state index is 12.9. The fourth-order valence-electron chi connectivity index (χ4n) is 3.52. The number of amides is 1. The van der Waals surface area contributed by atoms with Gasteiger partial charge in [0.1, 0.15) is 0 Å². The number of β-lactam (4-membered cyclic amide) rings is 1. The maximum Gasteiger partial charge on any atom is 0.233 e. The molecule has 1 fully saturated rings. The van der Waals surface area contributed by atoms with Gasteiger partial charge >= 0.3 is 0 Å². The summed E-state index contributed by atoms with van der Waals surface area (Å²) in [7, 11) is 0. The van der Waals surface area contributed by atoms with Crippen LogP contribution in [-0.4, -0.2) is 10.8 Å². The molecule has 4 rings (SSSR count). The number of carbonyl (C=O) groups excluding carboxylic acids is 1. The fourth-order valence-corrected chi connectivity index (χ4v) is 3.65. The molecule has 0 aliphatic carbocycles. The summed E-state index contributed by atoms with van der Waals surface area (Å²) in [6.45, 7) is 0.621. The third kappa shape index (κ3) is 3.06. The van der Waals surface area contributed by atoms with Gasteiger partial charge in [0.05, 0.1) is 12.0 Å². The summed E-state index contributed by atoms with van der Waals surface area (Å²) < 4.78 is 0. The Hall–Kier alpha value is -2.58. The van der Waals surface area contributed by atoms with Crippen LogP contribution in [0.15, 0.2) is 84.9 Å². The minimum absolute atomic E-state index is 0.0346. The summed E-state index contributed by atoms with van der Waals surface area (Å²) in [6, 6.07) is 28.0. The first-order chi connectivity index (χ1) is 12.2. The maximum atomic E-state index is 12.9. The molecule has 25 heavy (non-hydrogen) atoms. The van der Waals surface area contributed by atoms with Crippen molar-refractivity contribution in [2.75, 3.05) is 0 Å². The summed E-state index contributed by atoms with van der Waals surface area (Å²) in [5.41, 5.74) is 3.33. The van der Waals surface area contributed by atoms with Gasteiger partial charge in [0.15, 0.2) is 0 Å². The van der Waals surface area contributed by atoms with Crippen LogP contribution in [0.4, 0.5) is 0 Å². The van der Waals surface area contributed by atoms with E-state index in [4.69, 9.17) is 11.6 Å². The Labute approximate surface area is 152 Å². The Balaban J connectivity index is 1.68. The van der Waals surface area contributed by atoms with Crippen molar-refractivity contribution in [3.63, 3.8) is 0 Å². The first kappa shape index (κ1) is 15.9. The number of benzene rings is 3. The predicted octanol–water partition coefficient (Wildman–Crippen LogP) is 5.21. The number of hydrogen-bond donors (Lipinski definition) is 0. The molecule has 2 atom stereocenters. The normalized spacial score (nSPS) is 19.6. The van der Waals surface area contributed by atoms with Crippen molar-refractivity contribution in [2.45, 2.75) is 18.5 Å². The first-order valence-corrected chi connectivity index (χ1v) is 8.76. The van der Waals surface area contributed by atoms with E-state index in [0.717, 1.165) is 16.7 Å². The molecule has 124 valence electrons. The van der Waals surface area contributed by atoms with Crippen molar-refractivity contribution in [2.24, 2.45) is 0 Å². The molecule has 3 aromatic carbocycles. The van der Waals surface area contributed by atoms with E-state index in [0.29, 0.717) is 11.6 Å². The molecule has 1 amide bonds. The summed E-state index contributed by atoms with van der Waals surface area (Å²) >= 11 is 6.05. The van der Waals surface area contributed by atoms with Crippen LogP contribution in [0.2, 0.25) is 5.02 Å². The van der Waals surface area contributed by atoms with Gasteiger partial charge in [-0.3, -0.25) is 4.79 Å². The van der Waals surface area contributed by atoms with Gasteiger partial charge in [-0.05, 0) is 28.8 Å². The van der Waals surface area contributed by atoms with Crippen LogP contribution in [-0.2, 0) is 11.3 Å². The van der Waals surface area contributed by atoms with Crippen LogP contribution in [0, 0.1) is 0 Å². The minimum Gasteiger partial charge on any atom is -0.330 e. The lowest BCUT2D eigenvalue weighted by molar-refractivity contribution is -0.151. The molecule has 0 spiro atoms. The highest BCUT2D eigenvalue weighted by molar-refractivity contribution is 6.30. The highest BCUT2D eigenvalue weighted by atomic mass is 35.5. The third-order valence-corrected chi connectivity index (χ3v) is 5.02. The Morgan fingerprint density at radius 3 is 2.00 bits per heavy atom. The van der Waals surface area contributed by atoms with E-state index in [-0.39, 0.29) is 17.9 Å². The molecule has 0 bridgehead atoms. The monoisotopic (exact) mass is 347 g/mol. The summed E-state index contributed by atoms with van der Waals surface area (Å²) in [5.74, 6) is 0.0427. The zero-order chi connectivity index (χ0) is 17.2. The molecule has 0 saturated carbocycles. The molecule has 1 saturated heterocycles. The Morgan fingerprint density at radius 1 is 0.760 bits per heavy atom. The minimum atomic E-state index is -0.133. The smallest absolute Gasteiger partial charge is 0.233 e. The Kier molecular flexibility index (Phi) is 4.29. The van der Waals surface area contributed by atoms with Gasteiger partial charge in [-0.15, -0.1) is 0 Å². The van der Waals surface area contributed by atoms with Crippen LogP contribution >= 0.6 is 11.6 Å². The highest BCUT2D eigenvalue weighted by Crippen LogP contribution is 2.47. The number of carbonyl (C=O) groups is 1. The molecule has 0 N–H and O–H groups in total. The van der Waals surface area contributed by atoms with E-state index in [1.54, 1.807) is 0 Å². The lowest BCUT2D eigenvalue weighted by atomic mass is 9.77. The van der Waals surface area contributed by atoms with E-state index in [2.05, 4.69) is 12.1 Å². The summed E-state index contributed by atoms with van der Waals surface area (Å²) in [6.07, 6.45) is 0. The van der Waals surface area contributed by atoms with Crippen molar-refractivity contribution in [3.05, 3.63) is 107 Å². The largest absolute Gasteiger partial charge is 0.330 e. The first-order valence-electron chi connectivity index (χ1n) is 8.39. The van der Waals surface area contributed by atoms with Crippen molar-refractivity contribution in [1.82, 2.24) is 4.90 Å². The van der Waals surface area contributed by atoms with Gasteiger partial charge in [0.2, 0.25) is 5.91 Å². The van der Waals surface area contributed by atoms with Crippen LogP contribution in [0.5, 0.6) is 0 Å². The van der Waals surface area contributed by atoms with Gasteiger partial charge in [0.25, 0.3) is 0 Å². The zero-order valence-corrected chi connectivity index (χ0v) is 14.4. The van der Waals surface area contributed by atoms with Crippen LogP contribution in [0.1, 0.15) is 28.7 Å². The van der Waals surface area contributed by atoms with Crippen molar-refractivity contribution in [3.8, 4) is 0 Å². The molecule has 3 aromatic rings. The van der Waals surface area contributed by atoms with E-state index in [1.807, 2.05) is 77.7 Å². The molecule has 1 heterocycles. The van der Waals surface area contributed by atoms with Crippen LogP contribution in [0.3, 0.4) is 0 Å². The van der Waals surface area contributed by atoms with Gasteiger partial charge in [-0.25, -0.2) is 0 Å². The molecule has 0 unspecified atom stereocenters. The Bertz CT molecular complexity index is 862. The number of hydrogen-bond acceptors (Lipinski definition) is 1. The standard InChI is InChI=1S/C22H18ClNO/c23-19-13-11-18(12-14-19)21-20(17-9-5-2-6-10-17)22(25)24(21)15-16-7-3-1-4-8-16/h1-14,20-21H,15H2/t20-,21-/m1/s1. The lowest BCUT2D eigenvalue weighted by Gasteiger charge is -2.48. The second-order valence-electron chi connectivity index (χ2n) is 6.34. The van der Waals surface area contributed by atoms with Crippen molar-refractivity contribution < 1.29 is 4.79 Å². The topological polar surface area (TPSA) is 20.3 Å². The van der Waals surface area contributed by atoms with E-state index in [1.165, 1.54) is 0 Å². The molecular formula is C22H18ClNO. The summed E-state index contributed by atoms with van der Waals surface area (Å²) in [5, 5.41) is 0.709. The van der Waals surface area contributed by atoms with Crippen LogP contribution < -0.4 is 0 Å². The molecule has 1 aliphatic rings. The third-order valence-electron chi connectivity index (χ3n) is 4.77. The highest BCUT2D eigenvalue weighted by Gasteiger charge is 2.48. The predicted molar refractivity (Wildman–Crippen MR) is 100 cm³/mol. The number of halogens is 1. The molecular weight excluding hydrogens is 330 g/mol. The molecule has 2 nitrogen and oxygen atoms in total. The van der Waals surface area contributed by atoms with Gasteiger partial charge < -0.3 is 4.90 Å². The SMILES string of the molecule is O=C1[C@H](c2ccccc2)[C@@H](c2ccc(Cl)cc2)N1Cc1ccccc1. The zero-order valence-electron chi connectivity index (χ0n) is 13.7. The molecule has 0 aromatic heterocycles. The Morgan fingerprint density at radius 2 is 1.36 bits per heavy atom. The van der Waals surface area contributed by atoms with Gasteiger partial charge in [0, 0.05) is 11.6 Å². The second-order valence-corrected chi connectivity index (χ2v) is 6.77. The molecule has 3 heteroatoms. The number of nitrogens with zero attached hydrogens (tertiary/aromatic N) is 1. The van der Waals surface area contributed by atoms with Crippen molar-refractivity contribution in [1.29, 1.82) is 0 Å². The van der Waals surface area contributed by atoms with E-state index < -0.39 is 0 Å². The fraction of sp³-hybridized carbons (Fsp3) is 0.136. The average molecular weight is 348 g/mol. The van der Waals surface area contributed by atoms with E-state index >= 15 is 0 Å². The van der Waals surface area contributed by atoms with Gasteiger partial charge in [-0.2, -0.15) is 0 Å². The van der Waals surface area contributed by atoms with E-state index in [9.17, 15) is 4.79 Å². The number of rotatable bonds is 4. The van der Waals surface area contributed by atoms with Gasteiger partial charge in [-0.1, -0.05) is 84.4 Å².